The second-order valence-electron chi connectivity index (χ2n) is 4.50. The van der Waals surface area contributed by atoms with Crippen molar-refractivity contribution in [3.05, 3.63) is 47.9 Å². The molecule has 5 heteroatoms. The van der Waals surface area contributed by atoms with Crippen molar-refractivity contribution in [3.63, 3.8) is 0 Å². The summed E-state index contributed by atoms with van der Waals surface area (Å²) >= 11 is 0. The smallest absolute Gasteiger partial charge is 0.257 e. The number of carbonyl (C=O) groups excluding carboxylic acids is 1. The molecule has 0 bridgehead atoms. The van der Waals surface area contributed by atoms with E-state index in [0.717, 1.165) is 24.5 Å². The molecule has 2 aromatic heterocycles. The molecular formula is C15H18N4O. The second kappa shape index (κ2) is 6.65. The fourth-order valence-electron chi connectivity index (χ4n) is 1.63. The number of aryl methyl sites for hydroxylation is 1. The normalized spacial score (nSPS) is 10.1. The van der Waals surface area contributed by atoms with Gasteiger partial charge < -0.3 is 10.6 Å². The lowest BCUT2D eigenvalue weighted by molar-refractivity contribution is 0.102. The monoisotopic (exact) mass is 270 g/mol. The molecule has 2 rings (SSSR count). The van der Waals surface area contributed by atoms with Gasteiger partial charge in [0.25, 0.3) is 5.91 Å². The van der Waals surface area contributed by atoms with Gasteiger partial charge in [-0.15, -0.1) is 0 Å². The standard InChI is InChI=1S/C15H18N4O/c1-3-8-16-14-7-5-12(9-18-14)15(20)19-13-6-4-11(2)17-10-13/h4-7,9-10H,3,8H2,1-2H3,(H,16,18)(H,19,20). The Morgan fingerprint density at radius 3 is 2.60 bits per heavy atom. The molecule has 5 nitrogen and oxygen atoms in total. The molecule has 0 aliphatic rings. The first kappa shape index (κ1) is 14.0. The molecule has 0 radical (unpaired) electrons. The topological polar surface area (TPSA) is 66.9 Å². The molecule has 104 valence electrons. The Hall–Kier alpha value is -2.43. The van der Waals surface area contributed by atoms with Gasteiger partial charge in [0.1, 0.15) is 5.82 Å². The molecule has 0 atom stereocenters. The minimum Gasteiger partial charge on any atom is -0.370 e. The Kier molecular flexibility index (Phi) is 4.65. The van der Waals surface area contributed by atoms with Crippen LogP contribution in [0, 0.1) is 6.92 Å². The Labute approximate surface area is 118 Å². The van der Waals surface area contributed by atoms with Crippen LogP contribution in [0.2, 0.25) is 0 Å². The highest BCUT2D eigenvalue weighted by Crippen LogP contribution is 2.10. The molecule has 0 saturated carbocycles. The van der Waals surface area contributed by atoms with Gasteiger partial charge in [-0.05, 0) is 37.6 Å². The highest BCUT2D eigenvalue weighted by molar-refractivity contribution is 6.04. The predicted molar refractivity (Wildman–Crippen MR) is 79.9 cm³/mol. The van der Waals surface area contributed by atoms with Gasteiger partial charge >= 0.3 is 0 Å². The summed E-state index contributed by atoms with van der Waals surface area (Å²) in [6.45, 7) is 4.86. The zero-order chi connectivity index (χ0) is 14.4. The molecule has 2 N–H and O–H groups in total. The number of aromatic nitrogens is 2. The molecule has 0 fully saturated rings. The summed E-state index contributed by atoms with van der Waals surface area (Å²) in [7, 11) is 0. The van der Waals surface area contributed by atoms with Crippen molar-refractivity contribution < 1.29 is 4.79 Å². The van der Waals surface area contributed by atoms with Crippen molar-refractivity contribution in [3.8, 4) is 0 Å². The van der Waals surface area contributed by atoms with Crippen LogP contribution >= 0.6 is 0 Å². The molecule has 2 aromatic rings. The van der Waals surface area contributed by atoms with Gasteiger partial charge in [-0.3, -0.25) is 9.78 Å². The fourth-order valence-corrected chi connectivity index (χ4v) is 1.63. The molecule has 2 heterocycles. The average molecular weight is 270 g/mol. The third kappa shape index (κ3) is 3.78. The summed E-state index contributed by atoms with van der Waals surface area (Å²) in [5, 5.41) is 5.95. The average Bonchev–Trinajstić information content (AvgIpc) is 2.48. The van der Waals surface area contributed by atoms with Gasteiger partial charge in [-0.1, -0.05) is 6.92 Å². The van der Waals surface area contributed by atoms with Gasteiger partial charge in [-0.2, -0.15) is 0 Å². The van der Waals surface area contributed by atoms with Crippen LogP contribution in [0.15, 0.2) is 36.7 Å². The Morgan fingerprint density at radius 2 is 2.00 bits per heavy atom. The minimum atomic E-state index is -0.190. The molecule has 0 aliphatic carbocycles. The van der Waals surface area contributed by atoms with Crippen molar-refractivity contribution in [1.29, 1.82) is 0 Å². The lowest BCUT2D eigenvalue weighted by atomic mass is 10.2. The van der Waals surface area contributed by atoms with Crippen LogP contribution < -0.4 is 10.6 Å². The molecular weight excluding hydrogens is 252 g/mol. The van der Waals surface area contributed by atoms with Gasteiger partial charge in [0, 0.05) is 18.4 Å². The number of amides is 1. The predicted octanol–water partition coefficient (Wildman–Crippen LogP) is 2.86. The number of carbonyl (C=O) groups is 1. The lowest BCUT2D eigenvalue weighted by Gasteiger charge is -2.06. The molecule has 20 heavy (non-hydrogen) atoms. The van der Waals surface area contributed by atoms with E-state index in [1.54, 1.807) is 24.5 Å². The van der Waals surface area contributed by atoms with Crippen molar-refractivity contribution in [2.75, 3.05) is 17.2 Å². The van der Waals surface area contributed by atoms with Crippen LogP contribution in [-0.4, -0.2) is 22.4 Å². The van der Waals surface area contributed by atoms with E-state index in [9.17, 15) is 4.79 Å². The van der Waals surface area contributed by atoms with Crippen molar-refractivity contribution in [2.45, 2.75) is 20.3 Å². The van der Waals surface area contributed by atoms with Crippen LogP contribution in [0.25, 0.3) is 0 Å². The Morgan fingerprint density at radius 1 is 1.15 bits per heavy atom. The number of hydrogen-bond acceptors (Lipinski definition) is 4. The molecule has 0 unspecified atom stereocenters. The van der Waals surface area contributed by atoms with E-state index in [2.05, 4.69) is 27.5 Å². The molecule has 0 spiro atoms. The molecule has 0 saturated heterocycles. The van der Waals surface area contributed by atoms with Crippen LogP contribution in [-0.2, 0) is 0 Å². The van der Waals surface area contributed by atoms with Gasteiger partial charge in [-0.25, -0.2) is 4.98 Å². The van der Waals surface area contributed by atoms with Crippen LogP contribution in [0.3, 0.4) is 0 Å². The second-order valence-corrected chi connectivity index (χ2v) is 4.50. The first-order valence-corrected chi connectivity index (χ1v) is 6.63. The van der Waals surface area contributed by atoms with E-state index in [4.69, 9.17) is 0 Å². The summed E-state index contributed by atoms with van der Waals surface area (Å²) in [5.41, 5.74) is 2.11. The number of nitrogens with one attached hydrogen (secondary N) is 2. The Balaban J connectivity index is 2.00. The summed E-state index contributed by atoms with van der Waals surface area (Å²) in [5.74, 6) is 0.589. The highest BCUT2D eigenvalue weighted by Gasteiger charge is 2.06. The van der Waals surface area contributed by atoms with E-state index in [-0.39, 0.29) is 5.91 Å². The summed E-state index contributed by atoms with van der Waals surface area (Å²) in [6.07, 6.45) is 4.23. The van der Waals surface area contributed by atoms with E-state index in [1.165, 1.54) is 0 Å². The quantitative estimate of drug-likeness (QED) is 0.876. The summed E-state index contributed by atoms with van der Waals surface area (Å²) in [6, 6.07) is 7.23. The third-order valence-electron chi connectivity index (χ3n) is 2.75. The number of nitrogens with zero attached hydrogens (tertiary/aromatic N) is 2. The SMILES string of the molecule is CCCNc1ccc(C(=O)Nc2ccc(C)nc2)cn1. The maximum Gasteiger partial charge on any atom is 0.257 e. The van der Waals surface area contributed by atoms with Crippen LogP contribution in [0.5, 0.6) is 0 Å². The zero-order valence-corrected chi connectivity index (χ0v) is 11.7. The Bertz CT molecular complexity index is 563. The van der Waals surface area contributed by atoms with Crippen molar-refractivity contribution >= 4 is 17.4 Å². The van der Waals surface area contributed by atoms with Crippen molar-refractivity contribution in [2.24, 2.45) is 0 Å². The molecule has 0 aliphatic heterocycles. The third-order valence-corrected chi connectivity index (χ3v) is 2.75. The summed E-state index contributed by atoms with van der Waals surface area (Å²) < 4.78 is 0. The molecule has 1 amide bonds. The summed E-state index contributed by atoms with van der Waals surface area (Å²) in [4.78, 5) is 20.4. The zero-order valence-electron chi connectivity index (χ0n) is 11.7. The lowest BCUT2D eigenvalue weighted by Crippen LogP contribution is -2.13. The largest absolute Gasteiger partial charge is 0.370 e. The van der Waals surface area contributed by atoms with E-state index < -0.39 is 0 Å². The fraction of sp³-hybridized carbons (Fsp3) is 0.267. The van der Waals surface area contributed by atoms with Gasteiger partial charge in [0.2, 0.25) is 0 Å². The number of pyridine rings is 2. The van der Waals surface area contributed by atoms with E-state index in [0.29, 0.717) is 11.3 Å². The van der Waals surface area contributed by atoms with Crippen LogP contribution in [0.4, 0.5) is 11.5 Å². The maximum absolute atomic E-state index is 12.0. The maximum atomic E-state index is 12.0. The first-order valence-electron chi connectivity index (χ1n) is 6.63. The number of anilines is 2. The minimum absolute atomic E-state index is 0.190. The first-order chi connectivity index (χ1) is 9.69. The van der Waals surface area contributed by atoms with Crippen LogP contribution in [0.1, 0.15) is 29.4 Å². The van der Waals surface area contributed by atoms with Gasteiger partial charge in [0.05, 0.1) is 17.4 Å². The number of hydrogen-bond donors (Lipinski definition) is 2. The van der Waals surface area contributed by atoms with Gasteiger partial charge in [0.15, 0.2) is 0 Å². The van der Waals surface area contributed by atoms with Crippen molar-refractivity contribution in [1.82, 2.24) is 9.97 Å². The molecule has 0 aromatic carbocycles. The number of rotatable bonds is 5. The highest BCUT2D eigenvalue weighted by atomic mass is 16.1. The van der Waals surface area contributed by atoms with E-state index in [1.807, 2.05) is 19.1 Å². The van der Waals surface area contributed by atoms with E-state index >= 15 is 0 Å².